The van der Waals surface area contributed by atoms with Crippen molar-refractivity contribution >= 4 is 45.7 Å². The van der Waals surface area contributed by atoms with E-state index in [1.165, 1.54) is 17.7 Å². The average Bonchev–Trinajstić information content (AvgIpc) is 3.61. The number of aromatic nitrogens is 1. The molecule has 2 N–H and O–H groups in total. The number of nitrogens with two attached hydrogens (primary N) is 1. The van der Waals surface area contributed by atoms with Gasteiger partial charge in [-0.05, 0) is 51.2 Å². The van der Waals surface area contributed by atoms with Crippen LogP contribution in [0.4, 0.5) is 0 Å². The van der Waals surface area contributed by atoms with E-state index in [9.17, 15) is 13.2 Å². The first kappa shape index (κ1) is 25.9. The Balaban J connectivity index is 0.00000289. The minimum absolute atomic E-state index is 0. The van der Waals surface area contributed by atoms with Gasteiger partial charge in [0, 0.05) is 35.0 Å². The second kappa shape index (κ2) is 9.37. The summed E-state index contributed by atoms with van der Waals surface area (Å²) in [7, 11) is -3.12. The van der Waals surface area contributed by atoms with Crippen LogP contribution in [0.15, 0.2) is 41.5 Å². The lowest BCUT2D eigenvalue weighted by atomic mass is 9.85. The van der Waals surface area contributed by atoms with E-state index in [1.807, 2.05) is 37.4 Å². The molecule has 0 radical (unpaired) electrons. The van der Waals surface area contributed by atoms with Crippen LogP contribution in [0.1, 0.15) is 63.1 Å². The molecule has 3 atom stereocenters. The van der Waals surface area contributed by atoms with Gasteiger partial charge in [-0.15, -0.1) is 12.4 Å². The molecule has 0 bridgehead atoms. The van der Waals surface area contributed by atoms with E-state index >= 15 is 0 Å². The van der Waals surface area contributed by atoms with Gasteiger partial charge in [0.15, 0.2) is 15.8 Å². The predicted octanol–water partition coefficient (Wildman–Crippen LogP) is 4.43. The Morgan fingerprint density at radius 3 is 2.51 bits per heavy atom. The van der Waals surface area contributed by atoms with Crippen LogP contribution in [0.3, 0.4) is 0 Å². The summed E-state index contributed by atoms with van der Waals surface area (Å²) in [5.41, 5.74) is 9.01. The number of sulfone groups is 1. The molecule has 0 unspecified atom stereocenters. The Morgan fingerprint density at radius 2 is 1.91 bits per heavy atom. The van der Waals surface area contributed by atoms with Gasteiger partial charge in [0.05, 0.1) is 28.0 Å². The lowest BCUT2D eigenvalue weighted by molar-refractivity contribution is -0.131. The highest BCUT2D eigenvalue weighted by Crippen LogP contribution is 2.43. The van der Waals surface area contributed by atoms with Crippen molar-refractivity contribution in [3.05, 3.63) is 52.8 Å². The summed E-state index contributed by atoms with van der Waals surface area (Å²) >= 11 is 6.88. The van der Waals surface area contributed by atoms with Crippen molar-refractivity contribution in [2.45, 2.75) is 68.7 Å². The lowest BCUT2D eigenvalue weighted by Crippen LogP contribution is -2.56. The fraction of sp³-hybridized carbons (Fsp3) is 0.480. The fourth-order valence-corrected chi connectivity index (χ4v) is 7.10. The maximum atomic E-state index is 13.3. The highest BCUT2D eigenvalue weighted by molar-refractivity contribution is 7.92. The molecular weight excluding hydrogens is 507 g/mol. The molecule has 2 aliphatic heterocycles. The molecule has 1 saturated heterocycles. The van der Waals surface area contributed by atoms with Crippen molar-refractivity contribution in [1.29, 1.82) is 0 Å². The molecule has 1 aromatic heterocycles. The van der Waals surface area contributed by atoms with Crippen LogP contribution in [0, 0.1) is 0 Å². The molecule has 0 spiro atoms. The van der Waals surface area contributed by atoms with Crippen molar-refractivity contribution < 1.29 is 13.2 Å². The van der Waals surface area contributed by atoms with Crippen LogP contribution in [0.2, 0.25) is 5.02 Å². The largest absolute Gasteiger partial charge is 0.369 e. The van der Waals surface area contributed by atoms with Crippen molar-refractivity contribution in [2.24, 2.45) is 10.7 Å². The molecule has 35 heavy (non-hydrogen) atoms. The number of carbonyl (C=O) groups is 1. The molecule has 5 rings (SSSR count). The summed E-state index contributed by atoms with van der Waals surface area (Å²) in [5, 5.41) is 0.0207. The van der Waals surface area contributed by atoms with Crippen LogP contribution in [-0.2, 0) is 20.2 Å². The monoisotopic (exact) mass is 536 g/mol. The van der Waals surface area contributed by atoms with Crippen LogP contribution >= 0.6 is 24.0 Å². The van der Waals surface area contributed by atoms with Crippen molar-refractivity contribution in [3.8, 4) is 11.1 Å². The van der Waals surface area contributed by atoms with Crippen molar-refractivity contribution in [1.82, 2.24) is 9.88 Å². The Bertz CT molecular complexity index is 1280. The summed E-state index contributed by atoms with van der Waals surface area (Å²) in [6.45, 7) is 3.55. The minimum Gasteiger partial charge on any atom is -0.369 e. The molecule has 1 aliphatic carbocycles. The number of guanidine groups is 1. The van der Waals surface area contributed by atoms with E-state index in [4.69, 9.17) is 22.3 Å². The third-order valence-corrected chi connectivity index (χ3v) is 9.99. The first-order valence-corrected chi connectivity index (χ1v) is 13.8. The van der Waals surface area contributed by atoms with Crippen LogP contribution in [-0.4, -0.2) is 47.2 Å². The summed E-state index contributed by atoms with van der Waals surface area (Å²) in [5.74, 6) is 0.584. The van der Waals surface area contributed by atoms with Crippen molar-refractivity contribution in [2.75, 3.05) is 5.75 Å². The van der Waals surface area contributed by atoms with E-state index in [0.717, 1.165) is 22.4 Å². The number of hydrogen-bond donors (Lipinski definition) is 1. The van der Waals surface area contributed by atoms with E-state index < -0.39 is 20.6 Å². The van der Waals surface area contributed by atoms with Gasteiger partial charge in [0.25, 0.3) is 0 Å². The zero-order valence-corrected chi connectivity index (χ0v) is 22.2. The molecule has 2 aromatic rings. The smallest absolute Gasteiger partial charge is 0.232 e. The SMILES string of the molecule is C[C@H]1C[C@H](N2C(=O)C[C@@](C)(c3cccc(-c4ccc(C5CC5)nc4)c3Cl)N=C2N)CCS1(=O)=O.Cl. The summed E-state index contributed by atoms with van der Waals surface area (Å²) in [6, 6.07) is 9.56. The third kappa shape index (κ3) is 4.80. The zero-order valence-electron chi connectivity index (χ0n) is 19.8. The summed E-state index contributed by atoms with van der Waals surface area (Å²) in [6.07, 6.45) is 5.08. The highest BCUT2D eigenvalue weighted by atomic mass is 35.5. The average molecular weight is 538 g/mol. The molecule has 1 aromatic carbocycles. The number of carbonyl (C=O) groups excluding carboxylic acids is 1. The molecule has 188 valence electrons. The maximum absolute atomic E-state index is 13.3. The molecule has 1 saturated carbocycles. The van der Waals surface area contributed by atoms with Gasteiger partial charge >= 0.3 is 0 Å². The number of nitrogens with zero attached hydrogens (tertiary/aromatic N) is 3. The Kier molecular flexibility index (Phi) is 6.94. The lowest BCUT2D eigenvalue weighted by Gasteiger charge is -2.41. The number of amides is 1. The van der Waals surface area contributed by atoms with Gasteiger partial charge in [-0.25, -0.2) is 13.4 Å². The normalized spacial score (nSPS) is 28.3. The Hall–Kier alpha value is -2.16. The van der Waals surface area contributed by atoms with E-state index in [-0.39, 0.29) is 42.5 Å². The molecule has 2 fully saturated rings. The van der Waals surface area contributed by atoms with Gasteiger partial charge < -0.3 is 5.73 Å². The molecule has 3 heterocycles. The first-order valence-electron chi connectivity index (χ1n) is 11.7. The van der Waals surface area contributed by atoms with Crippen molar-refractivity contribution in [3.63, 3.8) is 0 Å². The van der Waals surface area contributed by atoms with E-state index in [1.54, 1.807) is 6.92 Å². The highest BCUT2D eigenvalue weighted by Gasteiger charge is 2.44. The fourth-order valence-electron chi connectivity index (χ4n) is 5.14. The third-order valence-electron chi connectivity index (χ3n) is 7.36. The van der Waals surface area contributed by atoms with Crippen LogP contribution in [0.25, 0.3) is 11.1 Å². The quantitative estimate of drug-likeness (QED) is 0.621. The second-order valence-electron chi connectivity index (χ2n) is 9.95. The number of rotatable bonds is 4. The number of benzene rings is 1. The zero-order chi connectivity index (χ0) is 24.3. The number of halogens is 2. The Morgan fingerprint density at radius 1 is 1.17 bits per heavy atom. The number of pyridine rings is 1. The standard InChI is InChI=1S/C25H29ClN4O3S.ClH/c1-15-12-18(10-11-34(15,32)33)30-22(31)13-25(2,29-24(30)27)20-5-3-4-19(23(20)26)17-8-9-21(28-14-17)16-6-7-16;/h3-5,8-9,14-16,18H,6-7,10-13H2,1-2H3,(H2,27,29);1H/t15-,18+,25-;/m0./s1. The molecule has 10 heteroatoms. The first-order chi connectivity index (χ1) is 16.1. The predicted molar refractivity (Wildman–Crippen MR) is 141 cm³/mol. The van der Waals surface area contributed by atoms with Gasteiger partial charge in [-0.3, -0.25) is 14.7 Å². The molecule has 7 nitrogen and oxygen atoms in total. The minimum atomic E-state index is -3.12. The Labute approximate surface area is 217 Å². The van der Waals surface area contributed by atoms with Gasteiger partial charge in [-0.2, -0.15) is 0 Å². The van der Waals surface area contributed by atoms with Gasteiger partial charge in [-0.1, -0.05) is 35.9 Å². The van der Waals surface area contributed by atoms with Crippen LogP contribution < -0.4 is 5.73 Å². The second-order valence-corrected chi connectivity index (χ2v) is 12.9. The summed E-state index contributed by atoms with van der Waals surface area (Å²) < 4.78 is 24.2. The van der Waals surface area contributed by atoms with Gasteiger partial charge in [0.2, 0.25) is 5.91 Å². The maximum Gasteiger partial charge on any atom is 0.232 e. The summed E-state index contributed by atoms with van der Waals surface area (Å²) in [4.78, 5) is 24.1. The topological polar surface area (TPSA) is 106 Å². The van der Waals surface area contributed by atoms with E-state index in [2.05, 4.69) is 11.1 Å². The number of hydrogen-bond acceptors (Lipinski definition) is 6. The van der Waals surface area contributed by atoms with Gasteiger partial charge in [0.1, 0.15) is 0 Å². The van der Waals surface area contributed by atoms with E-state index in [0.29, 0.717) is 23.8 Å². The number of aliphatic imine (C=N–C) groups is 1. The molecule has 3 aliphatic rings. The molecular formula is C25H30Cl2N4O3S. The molecule has 1 amide bonds. The van der Waals surface area contributed by atoms with Crippen LogP contribution in [0.5, 0.6) is 0 Å².